The molecule has 3 aromatic carbocycles. The molecular weight excluding hydrogens is 421 g/mol. The molecule has 1 N–H and O–H groups in total. The average molecular weight is 440 g/mol. The number of halogens is 3. The molecule has 164 valence electrons. The van der Waals surface area contributed by atoms with Crippen LogP contribution in [0.2, 0.25) is 0 Å². The number of alkyl halides is 3. The highest BCUT2D eigenvalue weighted by atomic mass is 19.4. The SMILES string of the molecule is O=C(CNC(=O)C(F)(F)F)c1ccc(CN(C(=O)c2ccccc2)c2ccccc2)cc1. The molecule has 0 aliphatic carbocycles. The molecule has 0 atom stereocenters. The molecule has 0 spiro atoms. The minimum atomic E-state index is -5.05. The number of hydrogen-bond donors (Lipinski definition) is 1. The molecule has 0 aromatic heterocycles. The molecule has 8 heteroatoms. The smallest absolute Gasteiger partial charge is 0.341 e. The van der Waals surface area contributed by atoms with E-state index in [1.54, 1.807) is 46.6 Å². The van der Waals surface area contributed by atoms with E-state index in [4.69, 9.17) is 0 Å². The van der Waals surface area contributed by atoms with Crippen LogP contribution in [0.25, 0.3) is 0 Å². The van der Waals surface area contributed by atoms with Crippen LogP contribution in [0.15, 0.2) is 84.9 Å². The number of hydrogen-bond acceptors (Lipinski definition) is 3. The van der Waals surface area contributed by atoms with Crippen LogP contribution in [0.4, 0.5) is 18.9 Å². The molecule has 2 amide bonds. The largest absolute Gasteiger partial charge is 0.471 e. The Bertz CT molecular complexity index is 1080. The lowest BCUT2D eigenvalue weighted by Crippen LogP contribution is -2.39. The molecular formula is C24H19F3N2O3. The van der Waals surface area contributed by atoms with Crippen molar-refractivity contribution in [3.05, 3.63) is 102 Å². The van der Waals surface area contributed by atoms with Crippen molar-refractivity contribution in [2.24, 2.45) is 0 Å². The van der Waals surface area contributed by atoms with Crippen LogP contribution in [0.5, 0.6) is 0 Å². The predicted octanol–water partition coefficient (Wildman–Crippen LogP) is 4.39. The van der Waals surface area contributed by atoms with Crippen molar-refractivity contribution >= 4 is 23.3 Å². The third kappa shape index (κ3) is 5.81. The van der Waals surface area contributed by atoms with Gasteiger partial charge in [0.15, 0.2) is 5.78 Å². The minimum Gasteiger partial charge on any atom is -0.341 e. The normalized spacial score (nSPS) is 11.0. The Labute approximate surface area is 182 Å². The van der Waals surface area contributed by atoms with E-state index in [0.29, 0.717) is 16.8 Å². The number of nitrogens with one attached hydrogen (secondary N) is 1. The number of rotatable bonds is 7. The van der Waals surface area contributed by atoms with Gasteiger partial charge in [0.05, 0.1) is 13.1 Å². The van der Waals surface area contributed by atoms with Crippen LogP contribution in [-0.4, -0.2) is 30.3 Å². The van der Waals surface area contributed by atoms with Gasteiger partial charge in [-0.1, -0.05) is 60.7 Å². The number of nitrogens with zero attached hydrogens (tertiary/aromatic N) is 1. The first kappa shape index (κ1) is 22.7. The molecule has 0 aliphatic heterocycles. The molecule has 0 unspecified atom stereocenters. The lowest BCUT2D eigenvalue weighted by molar-refractivity contribution is -0.173. The zero-order valence-corrected chi connectivity index (χ0v) is 16.8. The molecule has 32 heavy (non-hydrogen) atoms. The number of amides is 2. The Morgan fingerprint density at radius 3 is 1.88 bits per heavy atom. The summed E-state index contributed by atoms with van der Waals surface area (Å²) in [4.78, 5) is 37.6. The summed E-state index contributed by atoms with van der Waals surface area (Å²) in [5, 5.41) is 1.56. The van der Waals surface area contributed by atoms with E-state index in [2.05, 4.69) is 0 Å². The maximum absolute atomic E-state index is 13.1. The van der Waals surface area contributed by atoms with Gasteiger partial charge in [0.2, 0.25) is 0 Å². The molecule has 0 bridgehead atoms. The number of para-hydroxylation sites is 1. The molecule has 0 radical (unpaired) electrons. The molecule has 0 heterocycles. The fourth-order valence-corrected chi connectivity index (χ4v) is 2.97. The van der Waals surface area contributed by atoms with E-state index < -0.39 is 24.4 Å². The average Bonchev–Trinajstić information content (AvgIpc) is 2.81. The third-order valence-corrected chi connectivity index (χ3v) is 4.62. The molecule has 3 rings (SSSR count). The summed E-state index contributed by atoms with van der Waals surface area (Å²) >= 11 is 0. The highest BCUT2D eigenvalue weighted by molar-refractivity contribution is 6.06. The standard InChI is InChI=1S/C24H19F3N2O3/c25-24(26,27)23(32)28-15-21(30)18-13-11-17(12-14-18)16-29(20-9-5-2-6-10-20)22(31)19-7-3-1-4-8-19/h1-14H,15-16H2,(H,28,32). The van der Waals surface area contributed by atoms with Crippen LogP contribution < -0.4 is 10.2 Å². The Kier molecular flexibility index (Phi) is 7.04. The van der Waals surface area contributed by atoms with Crippen LogP contribution in [0, 0.1) is 0 Å². The van der Waals surface area contributed by atoms with Gasteiger partial charge >= 0.3 is 12.1 Å². The number of Topliss-reactive ketones (excluding diaryl/α,β-unsaturated/α-hetero) is 1. The van der Waals surface area contributed by atoms with Gasteiger partial charge in [0.1, 0.15) is 0 Å². The topological polar surface area (TPSA) is 66.5 Å². The van der Waals surface area contributed by atoms with Crippen molar-refractivity contribution in [1.29, 1.82) is 0 Å². The van der Waals surface area contributed by atoms with Crippen LogP contribution in [-0.2, 0) is 11.3 Å². The summed E-state index contributed by atoms with van der Waals surface area (Å²) in [6.07, 6.45) is -5.05. The number of benzene rings is 3. The second-order valence-corrected chi connectivity index (χ2v) is 6.89. The predicted molar refractivity (Wildman–Crippen MR) is 113 cm³/mol. The maximum atomic E-state index is 13.1. The number of carbonyl (C=O) groups is 3. The highest BCUT2D eigenvalue weighted by Crippen LogP contribution is 2.20. The maximum Gasteiger partial charge on any atom is 0.471 e. The van der Waals surface area contributed by atoms with Gasteiger partial charge in [0, 0.05) is 16.8 Å². The molecule has 3 aromatic rings. The molecule has 0 saturated heterocycles. The van der Waals surface area contributed by atoms with E-state index in [1.807, 2.05) is 36.4 Å². The fraction of sp³-hybridized carbons (Fsp3) is 0.125. The summed E-state index contributed by atoms with van der Waals surface area (Å²) < 4.78 is 36.7. The van der Waals surface area contributed by atoms with Crippen molar-refractivity contribution in [3.8, 4) is 0 Å². The molecule has 0 saturated carbocycles. The quantitative estimate of drug-likeness (QED) is 0.554. The van der Waals surface area contributed by atoms with Crippen molar-refractivity contribution in [3.63, 3.8) is 0 Å². The minimum absolute atomic E-state index is 0.150. The Balaban J connectivity index is 1.74. The first-order valence-electron chi connectivity index (χ1n) is 9.65. The first-order chi connectivity index (χ1) is 15.3. The van der Waals surface area contributed by atoms with Gasteiger partial charge < -0.3 is 10.2 Å². The Morgan fingerprint density at radius 1 is 0.750 bits per heavy atom. The lowest BCUT2D eigenvalue weighted by atomic mass is 10.1. The summed E-state index contributed by atoms with van der Waals surface area (Å²) in [6, 6.07) is 24.0. The first-order valence-corrected chi connectivity index (χ1v) is 9.65. The van der Waals surface area contributed by atoms with Crippen LogP contribution >= 0.6 is 0 Å². The molecule has 0 fully saturated rings. The van der Waals surface area contributed by atoms with Crippen molar-refractivity contribution < 1.29 is 27.6 Å². The Hall–Kier alpha value is -3.94. The van der Waals surface area contributed by atoms with Crippen LogP contribution in [0.3, 0.4) is 0 Å². The van der Waals surface area contributed by atoms with E-state index >= 15 is 0 Å². The van der Waals surface area contributed by atoms with E-state index in [-0.39, 0.29) is 18.0 Å². The highest BCUT2D eigenvalue weighted by Gasteiger charge is 2.38. The van der Waals surface area contributed by atoms with Gasteiger partial charge in [0.25, 0.3) is 5.91 Å². The van der Waals surface area contributed by atoms with Gasteiger partial charge in [-0.25, -0.2) is 0 Å². The van der Waals surface area contributed by atoms with Crippen molar-refractivity contribution in [2.75, 3.05) is 11.4 Å². The number of carbonyl (C=O) groups excluding carboxylic acids is 3. The zero-order chi connectivity index (χ0) is 23.1. The van der Waals surface area contributed by atoms with E-state index in [9.17, 15) is 27.6 Å². The zero-order valence-electron chi connectivity index (χ0n) is 16.8. The van der Waals surface area contributed by atoms with Crippen LogP contribution in [0.1, 0.15) is 26.3 Å². The summed E-state index contributed by atoms with van der Waals surface area (Å²) in [5.74, 6) is -3.03. The van der Waals surface area contributed by atoms with Gasteiger partial charge in [-0.2, -0.15) is 13.2 Å². The van der Waals surface area contributed by atoms with Gasteiger partial charge in [-0.05, 0) is 29.8 Å². The monoisotopic (exact) mass is 440 g/mol. The second kappa shape index (κ2) is 9.91. The summed E-state index contributed by atoms with van der Waals surface area (Å²) in [5.41, 5.74) is 2.07. The van der Waals surface area contributed by atoms with Crippen molar-refractivity contribution in [2.45, 2.75) is 12.7 Å². The third-order valence-electron chi connectivity index (χ3n) is 4.62. The van der Waals surface area contributed by atoms with E-state index in [1.165, 1.54) is 12.1 Å². The second-order valence-electron chi connectivity index (χ2n) is 6.89. The Morgan fingerprint density at radius 2 is 1.31 bits per heavy atom. The summed E-state index contributed by atoms with van der Waals surface area (Å²) in [6.45, 7) is -0.544. The molecule has 5 nitrogen and oxygen atoms in total. The van der Waals surface area contributed by atoms with E-state index in [0.717, 1.165) is 0 Å². The van der Waals surface area contributed by atoms with Gasteiger partial charge in [-0.3, -0.25) is 14.4 Å². The summed E-state index contributed by atoms with van der Waals surface area (Å²) in [7, 11) is 0. The number of anilines is 1. The number of ketones is 1. The lowest BCUT2D eigenvalue weighted by Gasteiger charge is -2.23. The molecule has 0 aliphatic rings. The fourth-order valence-electron chi connectivity index (χ4n) is 2.97. The van der Waals surface area contributed by atoms with Gasteiger partial charge in [-0.15, -0.1) is 0 Å². The van der Waals surface area contributed by atoms with Crippen molar-refractivity contribution in [1.82, 2.24) is 5.32 Å².